The van der Waals surface area contributed by atoms with Crippen LogP contribution in [0.3, 0.4) is 0 Å². The van der Waals surface area contributed by atoms with Gasteiger partial charge >= 0.3 is 0 Å². The zero-order valence-electron chi connectivity index (χ0n) is 9.61. The number of methoxy groups -OCH3 is 1. The minimum absolute atomic E-state index is 0.848. The van der Waals surface area contributed by atoms with Gasteiger partial charge in [-0.2, -0.15) is 0 Å². The molecular weight excluding hydrogens is 325 g/mol. The van der Waals surface area contributed by atoms with Crippen LogP contribution >= 0.6 is 22.6 Å². The summed E-state index contributed by atoms with van der Waals surface area (Å²) in [7, 11) is 1.67. The summed E-state index contributed by atoms with van der Waals surface area (Å²) in [5, 5.41) is 0. The first-order valence-corrected chi connectivity index (χ1v) is 6.44. The van der Waals surface area contributed by atoms with E-state index < -0.39 is 0 Å². The van der Waals surface area contributed by atoms with Crippen LogP contribution in [-0.4, -0.2) is 7.11 Å². The molecule has 0 saturated heterocycles. The first kappa shape index (κ1) is 12.2. The van der Waals surface area contributed by atoms with Crippen LogP contribution in [0.25, 0.3) is 0 Å². The van der Waals surface area contributed by atoms with E-state index in [1.807, 2.05) is 24.3 Å². The van der Waals surface area contributed by atoms with Gasteiger partial charge in [0.15, 0.2) is 0 Å². The third kappa shape index (κ3) is 3.12. The Balaban J connectivity index is 2.22. The lowest BCUT2D eigenvalue weighted by atomic mass is 10.0. The number of nitrogen functional groups attached to an aromatic ring is 1. The quantitative estimate of drug-likeness (QED) is 0.687. The maximum absolute atomic E-state index is 5.97. The van der Waals surface area contributed by atoms with Crippen molar-refractivity contribution in [2.24, 2.45) is 0 Å². The lowest BCUT2D eigenvalue weighted by Gasteiger charge is -2.07. The molecule has 0 aliphatic rings. The van der Waals surface area contributed by atoms with E-state index in [-0.39, 0.29) is 0 Å². The van der Waals surface area contributed by atoms with Crippen molar-refractivity contribution in [3.05, 3.63) is 57.2 Å². The molecule has 0 spiro atoms. The average molecular weight is 339 g/mol. The van der Waals surface area contributed by atoms with Crippen molar-refractivity contribution in [3.8, 4) is 5.75 Å². The summed E-state index contributed by atoms with van der Waals surface area (Å²) in [6.45, 7) is 0. The van der Waals surface area contributed by atoms with E-state index in [1.54, 1.807) is 7.11 Å². The molecule has 88 valence electrons. The third-order valence-corrected chi connectivity index (χ3v) is 3.33. The average Bonchev–Trinajstić information content (AvgIpc) is 2.35. The molecule has 2 aromatic carbocycles. The molecule has 2 nitrogen and oxygen atoms in total. The van der Waals surface area contributed by atoms with Crippen molar-refractivity contribution in [1.82, 2.24) is 0 Å². The van der Waals surface area contributed by atoms with Crippen LogP contribution in [0.1, 0.15) is 11.1 Å². The van der Waals surface area contributed by atoms with Gasteiger partial charge in [-0.25, -0.2) is 0 Å². The van der Waals surface area contributed by atoms with E-state index in [2.05, 4.69) is 40.8 Å². The Labute approximate surface area is 115 Å². The maximum atomic E-state index is 5.97. The molecule has 0 aromatic heterocycles. The predicted molar refractivity (Wildman–Crippen MR) is 79.4 cm³/mol. The Morgan fingerprint density at radius 3 is 2.47 bits per heavy atom. The van der Waals surface area contributed by atoms with Crippen LogP contribution < -0.4 is 10.5 Å². The highest BCUT2D eigenvalue weighted by Crippen LogP contribution is 2.20. The molecule has 2 N–H and O–H groups in total. The van der Waals surface area contributed by atoms with E-state index >= 15 is 0 Å². The van der Waals surface area contributed by atoms with E-state index in [0.717, 1.165) is 17.9 Å². The maximum Gasteiger partial charge on any atom is 0.118 e. The van der Waals surface area contributed by atoms with Crippen LogP contribution in [0.15, 0.2) is 42.5 Å². The van der Waals surface area contributed by atoms with Crippen molar-refractivity contribution >= 4 is 28.3 Å². The molecule has 0 aliphatic carbocycles. The number of hydrogen-bond donors (Lipinski definition) is 1. The van der Waals surface area contributed by atoms with Gasteiger partial charge < -0.3 is 10.5 Å². The summed E-state index contributed by atoms with van der Waals surface area (Å²) in [5.74, 6) is 0.879. The van der Waals surface area contributed by atoms with Gasteiger partial charge in [0.25, 0.3) is 0 Å². The van der Waals surface area contributed by atoms with Crippen LogP contribution in [0.2, 0.25) is 0 Å². The van der Waals surface area contributed by atoms with Crippen LogP contribution in [0, 0.1) is 3.57 Å². The van der Waals surface area contributed by atoms with Gasteiger partial charge in [0, 0.05) is 9.26 Å². The standard InChI is InChI=1S/C14H14INO/c1-17-13-5-2-10(3-6-13)8-11-9-12(15)4-7-14(11)16/h2-7,9H,8,16H2,1H3. The van der Waals surface area contributed by atoms with Crippen molar-refractivity contribution in [1.29, 1.82) is 0 Å². The third-order valence-electron chi connectivity index (χ3n) is 2.66. The molecule has 3 heteroatoms. The molecule has 17 heavy (non-hydrogen) atoms. The molecule has 0 radical (unpaired) electrons. The van der Waals surface area contributed by atoms with E-state index in [4.69, 9.17) is 10.5 Å². The Bertz CT molecular complexity index is 508. The minimum Gasteiger partial charge on any atom is -0.497 e. The number of rotatable bonds is 3. The molecule has 0 aliphatic heterocycles. The van der Waals surface area contributed by atoms with Gasteiger partial charge in [-0.05, 0) is 70.5 Å². The number of ether oxygens (including phenoxy) is 1. The van der Waals surface area contributed by atoms with Gasteiger partial charge in [-0.3, -0.25) is 0 Å². The second kappa shape index (κ2) is 5.40. The van der Waals surface area contributed by atoms with Crippen LogP contribution in [0.5, 0.6) is 5.75 Å². The largest absolute Gasteiger partial charge is 0.497 e. The molecule has 0 amide bonds. The molecule has 0 unspecified atom stereocenters. The predicted octanol–water partition coefficient (Wildman–Crippen LogP) is 3.47. The number of benzene rings is 2. The lowest BCUT2D eigenvalue weighted by molar-refractivity contribution is 0.414. The second-order valence-corrected chi connectivity index (χ2v) is 5.11. The number of anilines is 1. The summed E-state index contributed by atoms with van der Waals surface area (Å²) < 4.78 is 6.34. The monoisotopic (exact) mass is 339 g/mol. The highest BCUT2D eigenvalue weighted by Gasteiger charge is 2.02. The van der Waals surface area contributed by atoms with Crippen LogP contribution in [0.4, 0.5) is 5.69 Å². The molecule has 0 heterocycles. The van der Waals surface area contributed by atoms with Gasteiger partial charge in [-0.1, -0.05) is 12.1 Å². The minimum atomic E-state index is 0.848. The zero-order valence-corrected chi connectivity index (χ0v) is 11.8. The van der Waals surface area contributed by atoms with E-state index in [0.29, 0.717) is 0 Å². The normalized spacial score (nSPS) is 10.2. The SMILES string of the molecule is COc1ccc(Cc2cc(I)ccc2N)cc1. The fraction of sp³-hybridized carbons (Fsp3) is 0.143. The Morgan fingerprint density at radius 2 is 1.82 bits per heavy atom. The summed E-state index contributed by atoms with van der Waals surface area (Å²) in [6.07, 6.45) is 0.854. The Kier molecular flexibility index (Phi) is 3.89. The summed E-state index contributed by atoms with van der Waals surface area (Å²) in [5.41, 5.74) is 9.22. The second-order valence-electron chi connectivity index (χ2n) is 3.87. The molecular formula is C14H14INO. The van der Waals surface area contributed by atoms with E-state index in [1.165, 1.54) is 14.7 Å². The topological polar surface area (TPSA) is 35.2 Å². The molecule has 2 rings (SSSR count). The number of hydrogen-bond acceptors (Lipinski definition) is 2. The van der Waals surface area contributed by atoms with Crippen molar-refractivity contribution in [3.63, 3.8) is 0 Å². The summed E-state index contributed by atoms with van der Waals surface area (Å²) in [6, 6.07) is 14.2. The summed E-state index contributed by atoms with van der Waals surface area (Å²) >= 11 is 2.30. The van der Waals surface area contributed by atoms with Gasteiger partial charge in [0.2, 0.25) is 0 Å². The lowest BCUT2D eigenvalue weighted by Crippen LogP contribution is -1.96. The fourth-order valence-electron chi connectivity index (χ4n) is 1.69. The van der Waals surface area contributed by atoms with Gasteiger partial charge in [0.1, 0.15) is 5.75 Å². The van der Waals surface area contributed by atoms with Gasteiger partial charge in [-0.15, -0.1) is 0 Å². The molecule has 0 bridgehead atoms. The van der Waals surface area contributed by atoms with Crippen molar-refractivity contribution in [2.45, 2.75) is 6.42 Å². The molecule has 0 atom stereocenters. The van der Waals surface area contributed by atoms with Crippen molar-refractivity contribution < 1.29 is 4.74 Å². The zero-order chi connectivity index (χ0) is 12.3. The Morgan fingerprint density at radius 1 is 1.12 bits per heavy atom. The highest BCUT2D eigenvalue weighted by molar-refractivity contribution is 14.1. The first-order chi connectivity index (χ1) is 8.19. The summed E-state index contributed by atoms with van der Waals surface area (Å²) in [4.78, 5) is 0. The van der Waals surface area contributed by atoms with Crippen molar-refractivity contribution in [2.75, 3.05) is 12.8 Å². The van der Waals surface area contributed by atoms with Crippen LogP contribution in [-0.2, 0) is 6.42 Å². The number of halogens is 1. The fourth-order valence-corrected chi connectivity index (χ4v) is 2.25. The molecule has 0 fully saturated rings. The van der Waals surface area contributed by atoms with E-state index in [9.17, 15) is 0 Å². The Hall–Kier alpha value is -1.23. The first-order valence-electron chi connectivity index (χ1n) is 5.36. The highest BCUT2D eigenvalue weighted by atomic mass is 127. The smallest absolute Gasteiger partial charge is 0.118 e. The molecule has 0 saturated carbocycles. The van der Waals surface area contributed by atoms with Gasteiger partial charge in [0.05, 0.1) is 7.11 Å². The molecule has 2 aromatic rings. The number of nitrogens with two attached hydrogens (primary N) is 1.